The van der Waals surface area contributed by atoms with Gasteiger partial charge >= 0.3 is 0 Å². The molecule has 102 valence electrons. The van der Waals surface area contributed by atoms with E-state index in [2.05, 4.69) is 33.9 Å². The van der Waals surface area contributed by atoms with E-state index in [9.17, 15) is 0 Å². The van der Waals surface area contributed by atoms with E-state index in [1.165, 1.54) is 5.56 Å². The third-order valence-electron chi connectivity index (χ3n) is 3.07. The number of hydrogen-bond acceptors (Lipinski definition) is 3. The van der Waals surface area contributed by atoms with Crippen LogP contribution in [0.25, 0.3) is 0 Å². The lowest BCUT2D eigenvalue weighted by Crippen LogP contribution is -2.17. The van der Waals surface area contributed by atoms with Gasteiger partial charge in [0.2, 0.25) is 0 Å². The summed E-state index contributed by atoms with van der Waals surface area (Å²) >= 11 is 0. The molecule has 4 nitrogen and oxygen atoms in total. The number of benzene rings is 1. The molecular formula is C15H21N3O. The Kier molecular flexibility index (Phi) is 5.12. The van der Waals surface area contributed by atoms with Crippen LogP contribution in [0.15, 0.2) is 36.7 Å². The molecule has 19 heavy (non-hydrogen) atoms. The second-order valence-corrected chi connectivity index (χ2v) is 4.62. The molecule has 0 radical (unpaired) electrons. The van der Waals surface area contributed by atoms with Gasteiger partial charge in [0, 0.05) is 18.9 Å². The van der Waals surface area contributed by atoms with Crippen LogP contribution in [0.4, 0.5) is 0 Å². The van der Waals surface area contributed by atoms with Gasteiger partial charge in [-0.1, -0.05) is 31.2 Å². The van der Waals surface area contributed by atoms with Gasteiger partial charge in [-0.25, -0.2) is 4.98 Å². The van der Waals surface area contributed by atoms with Gasteiger partial charge in [0.05, 0.1) is 13.2 Å². The van der Waals surface area contributed by atoms with Gasteiger partial charge in [-0.2, -0.15) is 0 Å². The molecule has 0 aliphatic rings. The highest BCUT2D eigenvalue weighted by molar-refractivity contribution is 5.22. The molecule has 1 aromatic carbocycles. The Hall–Kier alpha value is -1.65. The standard InChI is InChI=1S/C15H21N3O/c1-2-7-16-10-15-17-8-9-18(15)11-13-3-5-14(12-19)6-4-13/h3-6,8-9,16,19H,2,7,10-12H2,1H3. The highest BCUT2D eigenvalue weighted by atomic mass is 16.3. The second-order valence-electron chi connectivity index (χ2n) is 4.62. The minimum atomic E-state index is 0.0948. The van der Waals surface area contributed by atoms with Crippen molar-refractivity contribution in [3.8, 4) is 0 Å². The van der Waals surface area contributed by atoms with E-state index in [0.717, 1.165) is 37.4 Å². The zero-order chi connectivity index (χ0) is 13.5. The molecule has 2 N–H and O–H groups in total. The van der Waals surface area contributed by atoms with Crippen LogP contribution >= 0.6 is 0 Å². The lowest BCUT2D eigenvalue weighted by atomic mass is 10.1. The summed E-state index contributed by atoms with van der Waals surface area (Å²) in [5.41, 5.74) is 2.16. The molecule has 0 atom stereocenters. The number of hydrogen-bond donors (Lipinski definition) is 2. The first-order valence-electron chi connectivity index (χ1n) is 6.73. The molecule has 1 aromatic heterocycles. The summed E-state index contributed by atoms with van der Waals surface area (Å²) in [5, 5.41) is 12.4. The normalized spacial score (nSPS) is 10.8. The summed E-state index contributed by atoms with van der Waals surface area (Å²) in [5.74, 6) is 1.06. The maximum absolute atomic E-state index is 9.03. The molecule has 0 spiro atoms. The number of nitrogens with one attached hydrogen (secondary N) is 1. The van der Waals surface area contributed by atoms with Crippen molar-refractivity contribution < 1.29 is 5.11 Å². The SMILES string of the molecule is CCCNCc1nccn1Cc1ccc(CO)cc1. The molecule has 0 amide bonds. The summed E-state index contributed by atoms with van der Waals surface area (Å²) in [6.07, 6.45) is 4.97. The lowest BCUT2D eigenvalue weighted by molar-refractivity contribution is 0.282. The van der Waals surface area contributed by atoms with Gasteiger partial charge in [-0.05, 0) is 24.1 Å². The predicted molar refractivity (Wildman–Crippen MR) is 75.7 cm³/mol. The summed E-state index contributed by atoms with van der Waals surface area (Å²) in [6.45, 7) is 4.88. The van der Waals surface area contributed by atoms with E-state index in [4.69, 9.17) is 5.11 Å². The van der Waals surface area contributed by atoms with Gasteiger partial charge < -0.3 is 15.0 Å². The maximum Gasteiger partial charge on any atom is 0.122 e. The zero-order valence-corrected chi connectivity index (χ0v) is 11.3. The van der Waals surface area contributed by atoms with Gasteiger partial charge in [0.15, 0.2) is 0 Å². The molecule has 4 heteroatoms. The van der Waals surface area contributed by atoms with Crippen LogP contribution in [0.3, 0.4) is 0 Å². The predicted octanol–water partition coefficient (Wildman–Crippen LogP) is 1.92. The minimum Gasteiger partial charge on any atom is -0.392 e. The zero-order valence-electron chi connectivity index (χ0n) is 11.3. The Morgan fingerprint density at radius 3 is 2.63 bits per heavy atom. The van der Waals surface area contributed by atoms with Crippen LogP contribution < -0.4 is 5.32 Å². The number of rotatable bonds is 7. The fraction of sp³-hybridized carbons (Fsp3) is 0.400. The van der Waals surface area contributed by atoms with Crippen molar-refractivity contribution in [3.05, 3.63) is 53.6 Å². The monoisotopic (exact) mass is 259 g/mol. The van der Waals surface area contributed by atoms with Crippen molar-refractivity contribution in [1.82, 2.24) is 14.9 Å². The van der Waals surface area contributed by atoms with E-state index < -0.39 is 0 Å². The Morgan fingerprint density at radius 2 is 1.95 bits per heavy atom. The summed E-state index contributed by atoms with van der Waals surface area (Å²) in [6, 6.07) is 8.02. The maximum atomic E-state index is 9.03. The average molecular weight is 259 g/mol. The lowest BCUT2D eigenvalue weighted by Gasteiger charge is -2.09. The van der Waals surface area contributed by atoms with Crippen LogP contribution in [-0.4, -0.2) is 21.2 Å². The number of imidazole rings is 1. The summed E-state index contributed by atoms with van der Waals surface area (Å²) in [7, 11) is 0. The molecular weight excluding hydrogens is 238 g/mol. The van der Waals surface area contributed by atoms with Gasteiger partial charge in [0.25, 0.3) is 0 Å². The van der Waals surface area contributed by atoms with E-state index in [0.29, 0.717) is 0 Å². The first-order chi connectivity index (χ1) is 9.33. The highest BCUT2D eigenvalue weighted by Crippen LogP contribution is 2.08. The highest BCUT2D eigenvalue weighted by Gasteiger charge is 2.03. The van der Waals surface area contributed by atoms with Crippen molar-refractivity contribution in [2.75, 3.05) is 6.54 Å². The minimum absolute atomic E-state index is 0.0948. The van der Waals surface area contributed by atoms with Gasteiger partial charge in [0.1, 0.15) is 5.82 Å². The Labute approximate surface area is 114 Å². The molecule has 0 aliphatic carbocycles. The van der Waals surface area contributed by atoms with Crippen molar-refractivity contribution in [2.24, 2.45) is 0 Å². The van der Waals surface area contributed by atoms with Crippen molar-refractivity contribution in [3.63, 3.8) is 0 Å². The summed E-state index contributed by atoms with van der Waals surface area (Å²) in [4.78, 5) is 4.38. The first kappa shape index (κ1) is 13.8. The number of aromatic nitrogens is 2. The van der Waals surface area contributed by atoms with Gasteiger partial charge in [-0.15, -0.1) is 0 Å². The molecule has 0 saturated heterocycles. The fourth-order valence-electron chi connectivity index (χ4n) is 1.97. The van der Waals surface area contributed by atoms with Crippen LogP contribution in [-0.2, 0) is 19.7 Å². The van der Waals surface area contributed by atoms with Crippen molar-refractivity contribution >= 4 is 0 Å². The topological polar surface area (TPSA) is 50.1 Å². The quantitative estimate of drug-likeness (QED) is 0.747. The Bertz CT molecular complexity index is 490. The van der Waals surface area contributed by atoms with E-state index in [1.54, 1.807) is 0 Å². The fourth-order valence-corrected chi connectivity index (χ4v) is 1.97. The molecule has 1 heterocycles. The Morgan fingerprint density at radius 1 is 1.21 bits per heavy atom. The molecule has 0 bridgehead atoms. The van der Waals surface area contributed by atoms with Crippen LogP contribution in [0.5, 0.6) is 0 Å². The smallest absolute Gasteiger partial charge is 0.122 e. The number of nitrogens with zero attached hydrogens (tertiary/aromatic N) is 2. The molecule has 0 fully saturated rings. The van der Waals surface area contributed by atoms with Crippen molar-refractivity contribution in [1.29, 1.82) is 0 Å². The molecule has 2 rings (SSSR count). The third-order valence-corrected chi connectivity index (χ3v) is 3.07. The van der Waals surface area contributed by atoms with Crippen LogP contribution in [0, 0.1) is 0 Å². The second kappa shape index (κ2) is 7.07. The van der Waals surface area contributed by atoms with Crippen LogP contribution in [0.2, 0.25) is 0 Å². The van der Waals surface area contributed by atoms with E-state index in [1.807, 2.05) is 24.5 Å². The van der Waals surface area contributed by atoms with E-state index >= 15 is 0 Å². The largest absolute Gasteiger partial charge is 0.392 e. The molecule has 2 aromatic rings. The van der Waals surface area contributed by atoms with Crippen LogP contribution in [0.1, 0.15) is 30.3 Å². The number of aliphatic hydroxyl groups is 1. The first-order valence-corrected chi connectivity index (χ1v) is 6.73. The molecule has 0 saturated carbocycles. The van der Waals surface area contributed by atoms with E-state index in [-0.39, 0.29) is 6.61 Å². The third kappa shape index (κ3) is 3.91. The molecule has 0 aliphatic heterocycles. The van der Waals surface area contributed by atoms with Crippen molar-refractivity contribution in [2.45, 2.75) is 33.0 Å². The molecule has 0 unspecified atom stereocenters. The number of aliphatic hydroxyl groups excluding tert-OH is 1. The summed E-state index contributed by atoms with van der Waals surface area (Å²) < 4.78 is 2.15. The average Bonchev–Trinajstić information content (AvgIpc) is 2.87. The van der Waals surface area contributed by atoms with Gasteiger partial charge in [-0.3, -0.25) is 0 Å². The Balaban J connectivity index is 1.99.